The van der Waals surface area contributed by atoms with Crippen LogP contribution in [0.4, 0.5) is 15.8 Å². The molecule has 0 amide bonds. The lowest BCUT2D eigenvalue weighted by atomic mass is 10.1. The molecule has 100 valence electrons. The largest absolute Gasteiger partial charge is 0.397 e. The van der Waals surface area contributed by atoms with Crippen LogP contribution in [0, 0.1) is 5.82 Å². The van der Waals surface area contributed by atoms with Crippen molar-refractivity contribution in [3.63, 3.8) is 0 Å². The van der Waals surface area contributed by atoms with Gasteiger partial charge in [-0.2, -0.15) is 0 Å². The lowest BCUT2D eigenvalue weighted by Crippen LogP contribution is -2.22. The van der Waals surface area contributed by atoms with Gasteiger partial charge in [0.25, 0.3) is 0 Å². The summed E-state index contributed by atoms with van der Waals surface area (Å²) in [5.74, 6) is -0.333. The van der Waals surface area contributed by atoms with Gasteiger partial charge in [0.05, 0.1) is 17.4 Å². The summed E-state index contributed by atoms with van der Waals surface area (Å²) in [6.07, 6.45) is 0. The summed E-state index contributed by atoms with van der Waals surface area (Å²) >= 11 is 6.20. The Bertz CT molecular complexity index is 586. The molecule has 0 aromatic heterocycles. The van der Waals surface area contributed by atoms with E-state index in [0.717, 1.165) is 11.3 Å². The molecule has 1 unspecified atom stereocenters. The summed E-state index contributed by atoms with van der Waals surface area (Å²) in [6, 6.07) is 12.1. The number of hydrogen-bond donors (Lipinski definition) is 1. The van der Waals surface area contributed by atoms with E-state index in [9.17, 15) is 4.39 Å². The van der Waals surface area contributed by atoms with Crippen LogP contribution in [0.15, 0.2) is 42.5 Å². The summed E-state index contributed by atoms with van der Waals surface area (Å²) < 4.78 is 13.1. The van der Waals surface area contributed by atoms with E-state index in [1.807, 2.05) is 43.1 Å². The maximum absolute atomic E-state index is 13.1. The molecule has 0 fully saturated rings. The Hall–Kier alpha value is -1.74. The highest BCUT2D eigenvalue weighted by Gasteiger charge is 2.16. The molecule has 2 aromatic rings. The van der Waals surface area contributed by atoms with Crippen molar-refractivity contribution in [2.45, 2.75) is 13.0 Å². The van der Waals surface area contributed by atoms with Crippen LogP contribution in [0.25, 0.3) is 0 Å². The predicted octanol–water partition coefficient (Wildman–Crippen LogP) is 4.26. The number of benzene rings is 2. The van der Waals surface area contributed by atoms with Crippen molar-refractivity contribution in [3.8, 4) is 0 Å². The molecule has 2 aromatic carbocycles. The lowest BCUT2D eigenvalue weighted by molar-refractivity contribution is 0.627. The molecule has 19 heavy (non-hydrogen) atoms. The lowest BCUT2D eigenvalue weighted by Gasteiger charge is -2.29. The van der Waals surface area contributed by atoms with Crippen molar-refractivity contribution in [1.29, 1.82) is 0 Å². The molecule has 1 atom stereocenters. The number of hydrogen-bond acceptors (Lipinski definition) is 2. The van der Waals surface area contributed by atoms with E-state index in [1.165, 1.54) is 12.1 Å². The standard InChI is InChI=1S/C15H16ClFN2/c1-10(12-5-3-4-6-13(12)16)19(2)15-8-7-11(17)9-14(15)18/h3-10H,18H2,1-2H3. The minimum absolute atomic E-state index is 0.0430. The second kappa shape index (κ2) is 5.49. The highest BCUT2D eigenvalue weighted by molar-refractivity contribution is 6.31. The molecule has 2 rings (SSSR count). The van der Waals surface area contributed by atoms with Gasteiger partial charge < -0.3 is 10.6 Å². The van der Waals surface area contributed by atoms with Gasteiger partial charge >= 0.3 is 0 Å². The number of nitrogens with zero attached hydrogens (tertiary/aromatic N) is 1. The van der Waals surface area contributed by atoms with Gasteiger partial charge in [0.15, 0.2) is 0 Å². The molecule has 0 aliphatic rings. The van der Waals surface area contributed by atoms with E-state index < -0.39 is 0 Å². The minimum atomic E-state index is -0.333. The summed E-state index contributed by atoms with van der Waals surface area (Å²) in [7, 11) is 1.91. The Kier molecular flexibility index (Phi) is 3.96. The molecule has 0 radical (unpaired) electrons. The van der Waals surface area contributed by atoms with Crippen LogP contribution in [0.3, 0.4) is 0 Å². The first-order valence-corrected chi connectivity index (χ1v) is 6.41. The average Bonchev–Trinajstić information content (AvgIpc) is 2.38. The quantitative estimate of drug-likeness (QED) is 0.850. The van der Waals surface area contributed by atoms with Gasteiger partial charge in [-0.05, 0) is 36.8 Å². The predicted molar refractivity (Wildman–Crippen MR) is 79.1 cm³/mol. The molecule has 2 nitrogen and oxygen atoms in total. The first-order valence-electron chi connectivity index (χ1n) is 6.03. The molecule has 0 saturated heterocycles. The summed E-state index contributed by atoms with van der Waals surface area (Å²) in [4.78, 5) is 1.98. The summed E-state index contributed by atoms with van der Waals surface area (Å²) in [6.45, 7) is 2.03. The normalized spacial score (nSPS) is 12.2. The Morgan fingerprint density at radius 2 is 1.89 bits per heavy atom. The molecule has 0 bridgehead atoms. The highest BCUT2D eigenvalue weighted by atomic mass is 35.5. The van der Waals surface area contributed by atoms with Gasteiger partial charge in [-0.15, -0.1) is 0 Å². The van der Waals surface area contributed by atoms with Crippen LogP contribution in [0.1, 0.15) is 18.5 Å². The number of nitrogen functional groups attached to an aromatic ring is 1. The monoisotopic (exact) mass is 278 g/mol. The third-order valence-electron chi connectivity index (χ3n) is 3.31. The number of anilines is 2. The summed E-state index contributed by atoms with van der Waals surface area (Å²) in [5.41, 5.74) is 8.08. The first kappa shape index (κ1) is 13.7. The SMILES string of the molecule is CC(c1ccccc1Cl)N(C)c1ccc(F)cc1N. The van der Waals surface area contributed by atoms with Crippen LogP contribution in [0.5, 0.6) is 0 Å². The zero-order valence-electron chi connectivity index (χ0n) is 10.9. The topological polar surface area (TPSA) is 29.3 Å². The maximum Gasteiger partial charge on any atom is 0.125 e. The van der Waals surface area contributed by atoms with Gasteiger partial charge in [-0.1, -0.05) is 29.8 Å². The van der Waals surface area contributed by atoms with Gasteiger partial charge in [-0.25, -0.2) is 4.39 Å². The smallest absolute Gasteiger partial charge is 0.125 e. The molecular formula is C15H16ClFN2. The van der Waals surface area contributed by atoms with Crippen LogP contribution >= 0.6 is 11.6 Å². The van der Waals surface area contributed by atoms with E-state index in [0.29, 0.717) is 10.7 Å². The zero-order valence-corrected chi connectivity index (χ0v) is 11.7. The number of nitrogens with two attached hydrogens (primary N) is 1. The van der Waals surface area contributed by atoms with Gasteiger partial charge in [-0.3, -0.25) is 0 Å². The molecule has 0 saturated carbocycles. The zero-order chi connectivity index (χ0) is 14.0. The molecule has 0 aliphatic carbocycles. The summed E-state index contributed by atoms with van der Waals surface area (Å²) in [5, 5.41) is 0.711. The average molecular weight is 279 g/mol. The molecular weight excluding hydrogens is 263 g/mol. The van der Waals surface area contributed by atoms with Gasteiger partial charge in [0.2, 0.25) is 0 Å². The van der Waals surface area contributed by atoms with Crippen molar-refractivity contribution in [2.75, 3.05) is 17.7 Å². The van der Waals surface area contributed by atoms with Crippen LogP contribution in [0.2, 0.25) is 5.02 Å². The van der Waals surface area contributed by atoms with E-state index in [4.69, 9.17) is 17.3 Å². The third-order valence-corrected chi connectivity index (χ3v) is 3.65. The fourth-order valence-corrected chi connectivity index (χ4v) is 2.37. The fraction of sp³-hybridized carbons (Fsp3) is 0.200. The Labute approximate surface area is 117 Å². The first-order chi connectivity index (χ1) is 9.00. The molecule has 0 heterocycles. The van der Waals surface area contributed by atoms with Crippen molar-refractivity contribution >= 4 is 23.0 Å². The highest BCUT2D eigenvalue weighted by Crippen LogP contribution is 2.32. The van der Waals surface area contributed by atoms with E-state index in [-0.39, 0.29) is 11.9 Å². The molecule has 0 spiro atoms. The maximum atomic E-state index is 13.1. The number of rotatable bonds is 3. The molecule has 2 N–H and O–H groups in total. The van der Waals surface area contributed by atoms with Crippen molar-refractivity contribution in [3.05, 3.63) is 58.9 Å². The van der Waals surface area contributed by atoms with Crippen LogP contribution < -0.4 is 10.6 Å². The number of halogens is 2. The van der Waals surface area contributed by atoms with Crippen molar-refractivity contribution in [1.82, 2.24) is 0 Å². The van der Waals surface area contributed by atoms with E-state index in [2.05, 4.69) is 0 Å². The van der Waals surface area contributed by atoms with Crippen LogP contribution in [-0.2, 0) is 0 Å². The second-order valence-electron chi connectivity index (χ2n) is 4.51. The third kappa shape index (κ3) is 2.82. The van der Waals surface area contributed by atoms with E-state index in [1.54, 1.807) is 6.07 Å². The van der Waals surface area contributed by atoms with Crippen LogP contribution in [-0.4, -0.2) is 7.05 Å². The minimum Gasteiger partial charge on any atom is -0.397 e. The van der Waals surface area contributed by atoms with Crippen molar-refractivity contribution < 1.29 is 4.39 Å². The molecule has 0 aliphatic heterocycles. The Morgan fingerprint density at radius 3 is 2.53 bits per heavy atom. The second-order valence-corrected chi connectivity index (χ2v) is 4.92. The van der Waals surface area contributed by atoms with Crippen molar-refractivity contribution in [2.24, 2.45) is 0 Å². The molecule has 4 heteroatoms. The fourth-order valence-electron chi connectivity index (χ4n) is 2.08. The Morgan fingerprint density at radius 1 is 1.21 bits per heavy atom. The van der Waals surface area contributed by atoms with Gasteiger partial charge in [0, 0.05) is 12.1 Å². The Balaban J connectivity index is 2.33. The van der Waals surface area contributed by atoms with Gasteiger partial charge in [0.1, 0.15) is 5.82 Å². The van der Waals surface area contributed by atoms with E-state index >= 15 is 0 Å².